The van der Waals surface area contributed by atoms with Gasteiger partial charge in [-0.15, -0.1) is 0 Å². The maximum atomic E-state index is 14.0. The highest BCUT2D eigenvalue weighted by atomic mass is 79.9. The molecule has 0 aromatic heterocycles. The molecule has 2 aromatic carbocycles. The molecule has 3 atom stereocenters. The number of ketones is 1. The molecule has 0 spiro atoms. The van der Waals surface area contributed by atoms with Crippen LogP contribution in [0.2, 0.25) is 0 Å². The van der Waals surface area contributed by atoms with Crippen LogP contribution in [0.4, 0.5) is 0 Å². The van der Waals surface area contributed by atoms with Crippen LogP contribution in [0.5, 0.6) is 23.0 Å². The van der Waals surface area contributed by atoms with Crippen LogP contribution in [0.25, 0.3) is 0 Å². The minimum absolute atomic E-state index is 0.0384. The Kier molecular flexibility index (Phi) is 10.1. The molecular formula is C32H38BrNO7. The molecule has 1 heterocycles. The molecule has 41 heavy (non-hydrogen) atoms. The minimum Gasteiger partial charge on any atom is -0.493 e. The zero-order valence-corrected chi connectivity index (χ0v) is 26.1. The summed E-state index contributed by atoms with van der Waals surface area (Å²) in [5.74, 6) is 0.512. The first-order chi connectivity index (χ1) is 19.8. The number of hydrogen-bond donors (Lipinski definition) is 0. The van der Waals surface area contributed by atoms with Gasteiger partial charge in [-0.25, -0.2) is 0 Å². The molecule has 220 valence electrons. The van der Waals surface area contributed by atoms with E-state index in [1.807, 2.05) is 51.1 Å². The summed E-state index contributed by atoms with van der Waals surface area (Å²) < 4.78 is 28.7. The van der Waals surface area contributed by atoms with Crippen molar-refractivity contribution in [1.82, 2.24) is 0 Å². The van der Waals surface area contributed by atoms with Gasteiger partial charge < -0.3 is 23.7 Å². The zero-order chi connectivity index (χ0) is 29.7. The monoisotopic (exact) mass is 627 g/mol. The average molecular weight is 629 g/mol. The third-order valence-corrected chi connectivity index (χ3v) is 8.25. The van der Waals surface area contributed by atoms with Gasteiger partial charge in [0.05, 0.1) is 39.0 Å². The lowest BCUT2D eigenvalue weighted by Gasteiger charge is -2.37. The van der Waals surface area contributed by atoms with Crippen LogP contribution in [-0.4, -0.2) is 52.0 Å². The van der Waals surface area contributed by atoms with Crippen molar-refractivity contribution >= 4 is 33.4 Å². The van der Waals surface area contributed by atoms with Crippen LogP contribution in [0.15, 0.2) is 51.1 Å². The van der Waals surface area contributed by atoms with Crippen molar-refractivity contribution in [2.75, 3.05) is 34.5 Å². The standard InChI is InChI=1S/C32H38BrNO7/c1-7-9-12-41-32(36)28-18(3)34-23-14-20(19-10-11-25(37-4)26(16-19)38-5)15-24(35)30(23)29(28)21-13-22(33)31(39-6)27(17-21)40-8-2/h10-11,13,16-17,20,28-29H,7-9,12,14-15H2,1-6H3/t20-,28?,29+/m1/s1. The van der Waals surface area contributed by atoms with Gasteiger partial charge >= 0.3 is 5.97 Å². The highest BCUT2D eigenvalue weighted by molar-refractivity contribution is 9.10. The van der Waals surface area contributed by atoms with Crippen molar-refractivity contribution in [3.8, 4) is 23.0 Å². The maximum absolute atomic E-state index is 14.0. The number of unbranched alkanes of at least 4 members (excludes halogenated alkanes) is 1. The number of hydrogen-bond acceptors (Lipinski definition) is 8. The molecule has 9 heteroatoms. The Morgan fingerprint density at radius 2 is 1.71 bits per heavy atom. The minimum atomic E-state index is -0.734. The van der Waals surface area contributed by atoms with Crippen LogP contribution >= 0.6 is 15.9 Å². The first-order valence-electron chi connectivity index (χ1n) is 14.0. The van der Waals surface area contributed by atoms with Gasteiger partial charge in [-0.05, 0) is 83.9 Å². The number of nitrogens with zero attached hydrogens (tertiary/aromatic N) is 1. The number of benzene rings is 2. The van der Waals surface area contributed by atoms with E-state index < -0.39 is 11.8 Å². The predicted octanol–water partition coefficient (Wildman–Crippen LogP) is 6.79. The molecule has 2 aliphatic rings. The van der Waals surface area contributed by atoms with Gasteiger partial charge in [0, 0.05) is 29.3 Å². The molecule has 2 aromatic rings. The molecule has 4 rings (SSSR count). The summed E-state index contributed by atoms with van der Waals surface area (Å²) in [5.41, 5.74) is 3.62. The van der Waals surface area contributed by atoms with Crippen molar-refractivity contribution in [3.05, 3.63) is 57.2 Å². The highest BCUT2D eigenvalue weighted by Crippen LogP contribution is 2.49. The quantitative estimate of drug-likeness (QED) is 0.200. The Hall–Kier alpha value is -3.33. The number of Topliss-reactive ketones (excluding diaryl/α,β-unsaturated/α-hetero) is 1. The number of ether oxygens (including phenoxy) is 5. The van der Waals surface area contributed by atoms with Crippen molar-refractivity contribution in [1.29, 1.82) is 0 Å². The Morgan fingerprint density at radius 1 is 0.976 bits per heavy atom. The van der Waals surface area contributed by atoms with E-state index in [0.29, 0.717) is 64.1 Å². The van der Waals surface area contributed by atoms with Gasteiger partial charge in [0.15, 0.2) is 28.8 Å². The molecule has 8 nitrogen and oxygen atoms in total. The Balaban J connectivity index is 1.82. The third kappa shape index (κ3) is 6.30. The number of halogens is 1. The summed E-state index contributed by atoms with van der Waals surface area (Å²) >= 11 is 3.61. The lowest BCUT2D eigenvalue weighted by molar-refractivity contribution is -0.146. The van der Waals surface area contributed by atoms with E-state index >= 15 is 0 Å². The van der Waals surface area contributed by atoms with E-state index in [1.165, 1.54) is 0 Å². The lowest BCUT2D eigenvalue weighted by Crippen LogP contribution is -2.38. The van der Waals surface area contributed by atoms with Crippen molar-refractivity contribution < 1.29 is 33.3 Å². The van der Waals surface area contributed by atoms with Crippen LogP contribution in [0.3, 0.4) is 0 Å². The van der Waals surface area contributed by atoms with Gasteiger partial charge in [-0.3, -0.25) is 14.6 Å². The van der Waals surface area contributed by atoms with Crippen LogP contribution < -0.4 is 18.9 Å². The topological polar surface area (TPSA) is 92.7 Å². The predicted molar refractivity (Wildman–Crippen MR) is 161 cm³/mol. The van der Waals surface area contributed by atoms with Crippen molar-refractivity contribution in [2.24, 2.45) is 10.9 Å². The fraction of sp³-hybridized carbons (Fsp3) is 0.469. The largest absolute Gasteiger partial charge is 0.493 e. The second-order valence-electron chi connectivity index (χ2n) is 10.2. The van der Waals surface area contributed by atoms with Gasteiger partial charge in [-0.2, -0.15) is 0 Å². The molecule has 0 saturated carbocycles. The molecule has 1 aliphatic heterocycles. The molecule has 1 unspecified atom stereocenters. The molecule has 0 radical (unpaired) electrons. The van der Waals surface area contributed by atoms with Crippen LogP contribution in [0.1, 0.15) is 69.4 Å². The van der Waals surface area contributed by atoms with Crippen LogP contribution in [0, 0.1) is 5.92 Å². The third-order valence-electron chi connectivity index (χ3n) is 7.66. The summed E-state index contributed by atoms with van der Waals surface area (Å²) in [4.78, 5) is 32.5. The summed E-state index contributed by atoms with van der Waals surface area (Å²) in [5, 5.41) is 0. The summed E-state index contributed by atoms with van der Waals surface area (Å²) in [6.07, 6.45) is 2.51. The van der Waals surface area contributed by atoms with E-state index in [1.54, 1.807) is 21.3 Å². The van der Waals surface area contributed by atoms with Crippen LogP contribution in [-0.2, 0) is 14.3 Å². The first kappa shape index (κ1) is 30.6. The van der Waals surface area contributed by atoms with Crippen molar-refractivity contribution in [2.45, 2.75) is 58.3 Å². The second-order valence-corrected chi connectivity index (χ2v) is 11.1. The fourth-order valence-corrected chi connectivity index (χ4v) is 6.32. The van der Waals surface area contributed by atoms with Gasteiger partial charge in [0.25, 0.3) is 0 Å². The highest BCUT2D eigenvalue weighted by Gasteiger charge is 2.45. The number of rotatable bonds is 11. The van der Waals surface area contributed by atoms with Gasteiger partial charge in [-0.1, -0.05) is 19.4 Å². The number of esters is 1. The SMILES string of the molecule is CCCCOC(=O)C1C(C)=NC2=C(C(=O)C[C@H](c3ccc(OC)c(OC)c3)C2)[C@H]1c1cc(Br)c(OC)c(OCC)c1. The molecule has 0 N–H and O–H groups in total. The average Bonchev–Trinajstić information content (AvgIpc) is 2.96. The number of carbonyl (C=O) groups excluding carboxylic acids is 2. The van der Waals surface area contributed by atoms with Crippen molar-refractivity contribution in [3.63, 3.8) is 0 Å². The molecule has 0 saturated heterocycles. The second kappa shape index (κ2) is 13.6. The van der Waals surface area contributed by atoms with Gasteiger partial charge in [0.2, 0.25) is 0 Å². The molecular weight excluding hydrogens is 590 g/mol. The summed E-state index contributed by atoms with van der Waals surface area (Å²) in [6.45, 7) is 6.53. The lowest BCUT2D eigenvalue weighted by atomic mass is 9.69. The smallest absolute Gasteiger partial charge is 0.315 e. The van der Waals surface area contributed by atoms with E-state index in [0.717, 1.165) is 24.0 Å². The Morgan fingerprint density at radius 3 is 2.37 bits per heavy atom. The normalized spacial score (nSPS) is 20.2. The number of aliphatic imine (C=N–C) groups is 1. The summed E-state index contributed by atoms with van der Waals surface area (Å²) in [6, 6.07) is 9.50. The molecule has 0 fully saturated rings. The van der Waals surface area contributed by atoms with Gasteiger partial charge in [0.1, 0.15) is 5.92 Å². The van der Waals surface area contributed by atoms with E-state index in [9.17, 15) is 9.59 Å². The molecule has 0 bridgehead atoms. The number of methoxy groups -OCH3 is 3. The number of allylic oxidation sites excluding steroid dienone is 2. The maximum Gasteiger partial charge on any atom is 0.315 e. The van der Waals surface area contributed by atoms with E-state index in [-0.39, 0.29) is 24.1 Å². The molecule has 1 aliphatic carbocycles. The van der Waals surface area contributed by atoms with E-state index in [4.69, 9.17) is 28.7 Å². The Bertz CT molecular complexity index is 1370. The molecule has 0 amide bonds. The first-order valence-corrected chi connectivity index (χ1v) is 14.8. The fourth-order valence-electron chi connectivity index (χ4n) is 5.70. The summed E-state index contributed by atoms with van der Waals surface area (Å²) in [7, 11) is 4.76. The Labute approximate surface area is 250 Å². The zero-order valence-electron chi connectivity index (χ0n) is 24.5. The number of carbonyl (C=O) groups is 2. The van der Waals surface area contributed by atoms with E-state index in [2.05, 4.69) is 15.9 Å².